The Balaban J connectivity index is 1.42. The van der Waals surface area contributed by atoms with E-state index < -0.39 is 5.91 Å². The van der Waals surface area contributed by atoms with E-state index in [9.17, 15) is 9.59 Å². The van der Waals surface area contributed by atoms with Gasteiger partial charge >= 0.3 is 0 Å². The third-order valence-electron chi connectivity index (χ3n) is 6.60. The number of hydrogen-bond donors (Lipinski definition) is 2. The standard InChI is InChI=1S/C28H27N5O4/c1-3-6-24(34)32-15-13-18(14-16-32)21-17-30-33-26(27(29)35)25(31-28(21)33)19-9-11-20(12-10-19)37-23-8-5-4-7-22(23)36-2/h4-5,7-12,17-18,30H,13-16H2,1-2H3,(H2,29,35). The molecule has 37 heavy (non-hydrogen) atoms. The first-order chi connectivity index (χ1) is 18.0. The van der Waals surface area contributed by atoms with Gasteiger partial charge in [-0.3, -0.25) is 14.7 Å². The van der Waals surface area contributed by atoms with Crippen molar-refractivity contribution in [2.45, 2.75) is 25.7 Å². The molecular weight excluding hydrogens is 470 g/mol. The Morgan fingerprint density at radius 3 is 2.43 bits per heavy atom. The van der Waals surface area contributed by atoms with E-state index in [4.69, 9.17) is 20.2 Å². The Labute approximate surface area is 214 Å². The Morgan fingerprint density at radius 1 is 1.08 bits per heavy atom. The van der Waals surface area contributed by atoms with Crippen LogP contribution in [0.15, 0.2) is 54.7 Å². The first-order valence-corrected chi connectivity index (χ1v) is 12.0. The second-order valence-electron chi connectivity index (χ2n) is 8.78. The Morgan fingerprint density at radius 2 is 1.78 bits per heavy atom. The number of nitrogens with two attached hydrogens (primary N) is 1. The summed E-state index contributed by atoms with van der Waals surface area (Å²) in [4.78, 5) is 31.2. The minimum absolute atomic E-state index is 0.141. The largest absolute Gasteiger partial charge is 0.493 e. The van der Waals surface area contributed by atoms with E-state index in [1.807, 2.05) is 54.7 Å². The molecule has 0 radical (unpaired) electrons. The van der Waals surface area contributed by atoms with Crippen molar-refractivity contribution in [2.75, 3.05) is 20.2 Å². The van der Waals surface area contributed by atoms with Gasteiger partial charge in [0.05, 0.1) is 7.11 Å². The van der Waals surface area contributed by atoms with Gasteiger partial charge in [-0.15, -0.1) is 0 Å². The molecule has 3 N–H and O–H groups in total. The number of hydrogen-bond acceptors (Lipinski definition) is 5. The fraction of sp³-hybridized carbons (Fsp3) is 0.250. The number of amides is 2. The molecule has 4 aromatic rings. The molecule has 1 fully saturated rings. The maximum Gasteiger partial charge on any atom is 0.298 e. The lowest BCUT2D eigenvalue weighted by molar-refractivity contribution is -0.126. The highest BCUT2D eigenvalue weighted by atomic mass is 16.5. The van der Waals surface area contributed by atoms with E-state index in [0.29, 0.717) is 41.7 Å². The number of ether oxygens (including phenoxy) is 2. The number of methoxy groups -OCH3 is 1. The number of nitrogens with one attached hydrogen (secondary N) is 1. The summed E-state index contributed by atoms with van der Waals surface area (Å²) in [5, 5.41) is 3.15. The van der Waals surface area contributed by atoms with Gasteiger partial charge in [0, 0.05) is 30.4 Å². The molecule has 188 valence electrons. The number of aromatic nitrogens is 3. The molecule has 0 unspecified atom stereocenters. The number of primary amides is 1. The molecule has 1 aliphatic heterocycles. The molecule has 1 saturated heterocycles. The number of fused-ring (bicyclic) bond motifs is 1. The summed E-state index contributed by atoms with van der Waals surface area (Å²) in [6.45, 7) is 2.91. The monoisotopic (exact) mass is 497 g/mol. The van der Waals surface area contributed by atoms with Gasteiger partial charge in [-0.2, -0.15) is 0 Å². The van der Waals surface area contributed by atoms with Gasteiger partial charge in [0.25, 0.3) is 11.8 Å². The molecule has 9 heteroatoms. The van der Waals surface area contributed by atoms with Crippen molar-refractivity contribution < 1.29 is 19.1 Å². The normalized spacial score (nSPS) is 13.7. The molecule has 0 spiro atoms. The lowest BCUT2D eigenvalue weighted by atomic mass is 9.91. The summed E-state index contributed by atoms with van der Waals surface area (Å²) in [6.07, 6.45) is 3.44. The number of rotatable bonds is 6. The predicted molar refractivity (Wildman–Crippen MR) is 139 cm³/mol. The zero-order valence-electron chi connectivity index (χ0n) is 20.7. The first kappa shape index (κ1) is 24.0. The molecule has 0 saturated carbocycles. The smallest absolute Gasteiger partial charge is 0.298 e. The summed E-state index contributed by atoms with van der Waals surface area (Å²) < 4.78 is 13.0. The predicted octanol–water partition coefficient (Wildman–Crippen LogP) is 3.96. The van der Waals surface area contributed by atoms with Crippen LogP contribution in [0.2, 0.25) is 0 Å². The molecule has 9 nitrogen and oxygen atoms in total. The second kappa shape index (κ2) is 10.1. The van der Waals surface area contributed by atoms with E-state index in [2.05, 4.69) is 16.9 Å². The highest BCUT2D eigenvalue weighted by molar-refractivity contribution is 5.98. The van der Waals surface area contributed by atoms with Crippen LogP contribution in [0, 0.1) is 11.8 Å². The third kappa shape index (κ3) is 4.61. The van der Waals surface area contributed by atoms with Crippen molar-refractivity contribution in [1.82, 2.24) is 19.5 Å². The lowest BCUT2D eigenvalue weighted by Crippen LogP contribution is -2.37. The van der Waals surface area contributed by atoms with E-state index >= 15 is 0 Å². The molecule has 0 aliphatic carbocycles. The zero-order chi connectivity index (χ0) is 25.9. The molecule has 1 aliphatic rings. The van der Waals surface area contributed by atoms with Crippen molar-refractivity contribution >= 4 is 17.5 Å². The summed E-state index contributed by atoms with van der Waals surface area (Å²) in [5.74, 6) is 6.60. The number of H-pyrrole nitrogens is 1. The Bertz CT molecular complexity index is 1520. The minimum atomic E-state index is -0.580. The molecule has 2 aromatic heterocycles. The van der Waals surface area contributed by atoms with Crippen LogP contribution in [0.4, 0.5) is 0 Å². The fourth-order valence-electron chi connectivity index (χ4n) is 4.76. The minimum Gasteiger partial charge on any atom is -0.493 e. The fourth-order valence-corrected chi connectivity index (χ4v) is 4.76. The van der Waals surface area contributed by atoms with Gasteiger partial charge in [-0.1, -0.05) is 18.1 Å². The number of carbonyl (C=O) groups is 2. The highest BCUT2D eigenvalue weighted by Gasteiger charge is 2.28. The number of likely N-dealkylation sites (tertiary alicyclic amines) is 1. The van der Waals surface area contributed by atoms with Gasteiger partial charge in [0.1, 0.15) is 11.4 Å². The number of carbonyl (C=O) groups excluding carboxylic acids is 2. The molecule has 0 atom stereocenters. The number of para-hydroxylation sites is 2. The maximum atomic E-state index is 12.5. The van der Waals surface area contributed by atoms with Crippen LogP contribution in [-0.4, -0.2) is 51.5 Å². The summed E-state index contributed by atoms with van der Waals surface area (Å²) >= 11 is 0. The number of piperidine rings is 1. The quantitative estimate of drug-likeness (QED) is 0.392. The number of aromatic amines is 1. The molecule has 5 rings (SSSR count). The van der Waals surface area contributed by atoms with Crippen LogP contribution in [0.1, 0.15) is 41.7 Å². The number of benzene rings is 2. The van der Waals surface area contributed by atoms with Crippen molar-refractivity contribution in [1.29, 1.82) is 0 Å². The van der Waals surface area contributed by atoms with E-state index in [0.717, 1.165) is 24.0 Å². The van der Waals surface area contributed by atoms with Crippen molar-refractivity contribution in [3.05, 3.63) is 66.0 Å². The van der Waals surface area contributed by atoms with Crippen molar-refractivity contribution in [3.8, 4) is 40.3 Å². The average Bonchev–Trinajstić information content (AvgIpc) is 3.49. The molecule has 2 aromatic carbocycles. The third-order valence-corrected chi connectivity index (χ3v) is 6.60. The van der Waals surface area contributed by atoms with Crippen molar-refractivity contribution in [2.24, 2.45) is 5.73 Å². The van der Waals surface area contributed by atoms with Crippen molar-refractivity contribution in [3.63, 3.8) is 0 Å². The van der Waals surface area contributed by atoms with Crippen LogP contribution in [0.25, 0.3) is 16.9 Å². The second-order valence-corrected chi connectivity index (χ2v) is 8.78. The molecular formula is C28H27N5O4. The maximum absolute atomic E-state index is 12.5. The topological polar surface area (TPSA) is 115 Å². The van der Waals surface area contributed by atoms with Gasteiger partial charge in [0.2, 0.25) is 0 Å². The first-order valence-electron chi connectivity index (χ1n) is 12.0. The Kier molecular flexibility index (Phi) is 6.56. The van der Waals surface area contributed by atoms with Crippen LogP contribution in [0.5, 0.6) is 17.2 Å². The zero-order valence-corrected chi connectivity index (χ0v) is 20.7. The molecule has 3 heterocycles. The van der Waals surface area contributed by atoms with E-state index in [1.54, 1.807) is 23.4 Å². The van der Waals surface area contributed by atoms with Crippen LogP contribution in [-0.2, 0) is 4.79 Å². The van der Waals surface area contributed by atoms with Gasteiger partial charge in [0.15, 0.2) is 22.8 Å². The molecule has 2 amide bonds. The van der Waals surface area contributed by atoms with Crippen LogP contribution >= 0.6 is 0 Å². The molecule has 0 bridgehead atoms. The average molecular weight is 498 g/mol. The van der Waals surface area contributed by atoms with Crippen LogP contribution < -0.4 is 15.2 Å². The van der Waals surface area contributed by atoms with Gasteiger partial charge in [-0.05, 0) is 68.0 Å². The Hall–Kier alpha value is -4.71. The lowest BCUT2D eigenvalue weighted by Gasteiger charge is -2.30. The van der Waals surface area contributed by atoms with E-state index in [1.165, 1.54) is 0 Å². The van der Waals surface area contributed by atoms with Gasteiger partial charge in [-0.25, -0.2) is 9.50 Å². The van der Waals surface area contributed by atoms with Crippen LogP contribution in [0.3, 0.4) is 0 Å². The summed E-state index contributed by atoms with van der Waals surface area (Å²) in [7, 11) is 1.59. The van der Waals surface area contributed by atoms with E-state index in [-0.39, 0.29) is 17.5 Å². The van der Waals surface area contributed by atoms with Gasteiger partial charge < -0.3 is 20.1 Å². The highest BCUT2D eigenvalue weighted by Crippen LogP contribution is 2.35. The SMILES string of the molecule is CC#CC(=O)N1CCC(c2c[nH]n3c(C(N)=O)c(-c4ccc(Oc5ccccc5OC)cc4)nc23)CC1. The number of nitrogens with zero attached hydrogens (tertiary/aromatic N) is 3. The summed E-state index contributed by atoms with van der Waals surface area (Å²) in [5.41, 5.74) is 8.96. The number of imidazole rings is 1. The summed E-state index contributed by atoms with van der Waals surface area (Å²) in [6, 6.07) is 14.7.